The van der Waals surface area contributed by atoms with Crippen molar-refractivity contribution >= 4 is 11.6 Å². The van der Waals surface area contributed by atoms with E-state index in [-0.39, 0.29) is 5.69 Å². The van der Waals surface area contributed by atoms with Crippen molar-refractivity contribution in [3.63, 3.8) is 0 Å². The number of hydrogen-bond acceptors (Lipinski definition) is 3. The number of nitrogens with one attached hydrogen (secondary N) is 1. The minimum absolute atomic E-state index is 0.239. The summed E-state index contributed by atoms with van der Waals surface area (Å²) in [5, 5.41) is 2.45. The van der Waals surface area contributed by atoms with E-state index in [1.165, 1.54) is 32.4 Å². The predicted octanol–water partition coefficient (Wildman–Crippen LogP) is 4.39. The first-order valence-electron chi connectivity index (χ1n) is 8.02. The molecule has 1 aliphatic carbocycles. The van der Waals surface area contributed by atoms with Crippen LogP contribution in [0.3, 0.4) is 0 Å². The van der Waals surface area contributed by atoms with Crippen LogP contribution in [0.1, 0.15) is 24.0 Å². The van der Waals surface area contributed by atoms with E-state index in [1.54, 1.807) is 18.2 Å². The zero-order valence-electron chi connectivity index (χ0n) is 14.3. The fourth-order valence-electron chi connectivity index (χ4n) is 2.99. The molecule has 1 N–H and O–H groups in total. The molecule has 2 aromatic rings. The Balaban J connectivity index is 1.90. The third kappa shape index (κ3) is 3.21. The molecule has 1 saturated carbocycles. The molecule has 0 heterocycles. The van der Waals surface area contributed by atoms with Crippen LogP contribution in [0.4, 0.5) is 18.9 Å². The highest BCUT2D eigenvalue weighted by atomic mass is 19.4. The molecule has 0 aromatic heterocycles. The molecule has 0 bridgehead atoms. The van der Waals surface area contributed by atoms with Crippen LogP contribution in [0.15, 0.2) is 42.5 Å². The number of anilines is 1. The molecule has 0 aliphatic heterocycles. The van der Waals surface area contributed by atoms with Crippen LogP contribution in [0.2, 0.25) is 0 Å². The van der Waals surface area contributed by atoms with Gasteiger partial charge in [0.2, 0.25) is 5.91 Å². The lowest BCUT2D eigenvalue weighted by Crippen LogP contribution is -2.29. The monoisotopic (exact) mass is 365 g/mol. The number of halogens is 3. The van der Waals surface area contributed by atoms with Crippen molar-refractivity contribution in [2.75, 3.05) is 19.5 Å². The van der Waals surface area contributed by atoms with Crippen molar-refractivity contribution in [2.45, 2.75) is 24.4 Å². The Bertz CT molecular complexity index is 829. The van der Waals surface area contributed by atoms with Crippen molar-refractivity contribution < 1.29 is 27.4 Å². The topological polar surface area (TPSA) is 47.6 Å². The molecule has 7 heteroatoms. The first kappa shape index (κ1) is 18.1. The van der Waals surface area contributed by atoms with Crippen molar-refractivity contribution in [3.05, 3.63) is 53.6 Å². The molecule has 0 radical (unpaired) electrons. The maximum Gasteiger partial charge on any atom is 0.418 e. The van der Waals surface area contributed by atoms with E-state index in [9.17, 15) is 18.0 Å². The van der Waals surface area contributed by atoms with Gasteiger partial charge in [0, 0.05) is 0 Å². The van der Waals surface area contributed by atoms with Crippen LogP contribution < -0.4 is 14.8 Å². The van der Waals surface area contributed by atoms with Crippen molar-refractivity contribution in [3.8, 4) is 11.5 Å². The van der Waals surface area contributed by atoms with Crippen molar-refractivity contribution in [2.24, 2.45) is 0 Å². The van der Waals surface area contributed by atoms with Gasteiger partial charge in [-0.2, -0.15) is 13.2 Å². The fraction of sp³-hybridized carbons (Fsp3) is 0.316. The van der Waals surface area contributed by atoms with E-state index in [4.69, 9.17) is 9.47 Å². The molecule has 0 saturated heterocycles. The summed E-state index contributed by atoms with van der Waals surface area (Å²) in [5.74, 6) is 0.538. The minimum Gasteiger partial charge on any atom is -0.493 e. The van der Waals surface area contributed by atoms with Crippen molar-refractivity contribution in [1.82, 2.24) is 0 Å². The Morgan fingerprint density at radius 3 is 2.27 bits per heavy atom. The van der Waals surface area contributed by atoms with Gasteiger partial charge in [-0.3, -0.25) is 4.79 Å². The smallest absolute Gasteiger partial charge is 0.418 e. The maximum absolute atomic E-state index is 13.1. The average Bonchev–Trinajstić information content (AvgIpc) is 3.42. The number of carbonyl (C=O) groups excluding carboxylic acids is 1. The molecule has 0 unspecified atom stereocenters. The standard InChI is InChI=1S/C19H18F3NO3/c1-25-15-8-7-12(11-16(15)26-2)18(9-10-18)17(24)23-14-6-4-3-5-13(14)19(20,21)22/h3-8,11H,9-10H2,1-2H3,(H,23,24). The number of rotatable bonds is 5. The normalized spacial score (nSPS) is 15.3. The summed E-state index contributed by atoms with van der Waals surface area (Å²) in [4.78, 5) is 12.8. The Morgan fingerprint density at radius 1 is 1.04 bits per heavy atom. The van der Waals surface area contributed by atoms with E-state index in [0.717, 1.165) is 6.07 Å². The van der Waals surface area contributed by atoms with Gasteiger partial charge in [-0.15, -0.1) is 0 Å². The Kier molecular flexibility index (Phi) is 4.56. The molecule has 1 aliphatic rings. The second kappa shape index (κ2) is 6.55. The lowest BCUT2D eigenvalue weighted by molar-refractivity contribution is -0.137. The van der Waals surface area contributed by atoms with Gasteiger partial charge in [-0.05, 0) is 42.7 Å². The summed E-state index contributed by atoms with van der Waals surface area (Å²) in [7, 11) is 2.99. The van der Waals surface area contributed by atoms with Crippen LogP contribution >= 0.6 is 0 Å². The summed E-state index contributed by atoms with van der Waals surface area (Å²) in [6, 6.07) is 10.1. The fourth-order valence-corrected chi connectivity index (χ4v) is 2.99. The molecule has 2 aromatic carbocycles. The van der Waals surface area contributed by atoms with E-state index in [0.29, 0.717) is 29.9 Å². The SMILES string of the molecule is COc1ccc(C2(C(=O)Nc3ccccc3C(F)(F)F)CC2)cc1OC. The molecule has 138 valence electrons. The van der Waals surface area contributed by atoms with Gasteiger partial charge in [0.1, 0.15) is 0 Å². The van der Waals surface area contributed by atoms with Gasteiger partial charge in [0.05, 0.1) is 30.9 Å². The maximum atomic E-state index is 13.1. The number of methoxy groups -OCH3 is 2. The van der Waals surface area contributed by atoms with Gasteiger partial charge >= 0.3 is 6.18 Å². The van der Waals surface area contributed by atoms with Crippen LogP contribution in [-0.4, -0.2) is 20.1 Å². The third-order valence-corrected chi connectivity index (χ3v) is 4.60. The van der Waals surface area contributed by atoms with Gasteiger partial charge in [0.25, 0.3) is 0 Å². The first-order valence-corrected chi connectivity index (χ1v) is 8.02. The molecule has 1 amide bonds. The molecule has 0 atom stereocenters. The summed E-state index contributed by atoms with van der Waals surface area (Å²) in [6.07, 6.45) is -3.42. The Labute approximate surface area is 148 Å². The third-order valence-electron chi connectivity index (χ3n) is 4.60. The number of amides is 1. The molecule has 4 nitrogen and oxygen atoms in total. The van der Waals surface area contributed by atoms with Gasteiger partial charge < -0.3 is 14.8 Å². The lowest BCUT2D eigenvalue weighted by atomic mass is 9.94. The van der Waals surface area contributed by atoms with E-state index < -0.39 is 23.1 Å². The van der Waals surface area contributed by atoms with Gasteiger partial charge in [-0.25, -0.2) is 0 Å². The first-order chi connectivity index (χ1) is 12.3. The minimum atomic E-state index is -4.54. The van der Waals surface area contributed by atoms with E-state index in [1.807, 2.05) is 0 Å². The molecular weight excluding hydrogens is 347 g/mol. The second-order valence-corrected chi connectivity index (χ2v) is 6.15. The molecular formula is C19H18F3NO3. The van der Waals surface area contributed by atoms with Crippen LogP contribution in [0.25, 0.3) is 0 Å². The average molecular weight is 365 g/mol. The number of alkyl halides is 3. The second-order valence-electron chi connectivity index (χ2n) is 6.15. The summed E-state index contributed by atoms with van der Waals surface area (Å²) in [6.45, 7) is 0. The van der Waals surface area contributed by atoms with E-state index >= 15 is 0 Å². The number of para-hydroxylation sites is 1. The molecule has 3 rings (SSSR count). The zero-order valence-corrected chi connectivity index (χ0v) is 14.3. The molecule has 26 heavy (non-hydrogen) atoms. The number of carbonyl (C=O) groups is 1. The highest BCUT2D eigenvalue weighted by Crippen LogP contribution is 2.51. The number of ether oxygens (including phenoxy) is 2. The van der Waals surface area contributed by atoms with Crippen molar-refractivity contribution in [1.29, 1.82) is 0 Å². The summed E-state index contributed by atoms with van der Waals surface area (Å²) < 4.78 is 49.8. The number of hydrogen-bond donors (Lipinski definition) is 1. The highest BCUT2D eigenvalue weighted by molar-refractivity contribution is 6.02. The van der Waals surface area contributed by atoms with Crippen LogP contribution in [0, 0.1) is 0 Å². The lowest BCUT2D eigenvalue weighted by Gasteiger charge is -2.19. The largest absolute Gasteiger partial charge is 0.493 e. The Hall–Kier alpha value is -2.70. The van der Waals surface area contributed by atoms with E-state index in [2.05, 4.69) is 5.32 Å². The predicted molar refractivity (Wildman–Crippen MR) is 90.5 cm³/mol. The number of benzene rings is 2. The van der Waals surface area contributed by atoms with Crippen LogP contribution in [0.5, 0.6) is 11.5 Å². The molecule has 1 fully saturated rings. The zero-order chi connectivity index (χ0) is 18.9. The quantitative estimate of drug-likeness (QED) is 0.855. The summed E-state index contributed by atoms with van der Waals surface area (Å²) >= 11 is 0. The highest BCUT2D eigenvalue weighted by Gasteiger charge is 2.52. The molecule has 0 spiro atoms. The summed E-state index contributed by atoms with van der Waals surface area (Å²) in [5.41, 5.74) is -1.26. The Morgan fingerprint density at radius 2 is 1.69 bits per heavy atom. The van der Waals surface area contributed by atoms with Gasteiger partial charge in [0.15, 0.2) is 11.5 Å². The van der Waals surface area contributed by atoms with Crippen LogP contribution in [-0.2, 0) is 16.4 Å². The van der Waals surface area contributed by atoms with Gasteiger partial charge in [-0.1, -0.05) is 18.2 Å².